The molecular formula is C11H15NO3. The number of nitro groups is 1. The number of ether oxygens (including phenoxy) is 1. The van der Waals surface area contributed by atoms with Crippen molar-refractivity contribution in [3.8, 4) is 5.75 Å². The van der Waals surface area contributed by atoms with E-state index in [1.165, 1.54) is 0 Å². The van der Waals surface area contributed by atoms with Crippen LogP contribution in [0.2, 0.25) is 0 Å². The highest BCUT2D eigenvalue weighted by Crippen LogP contribution is 2.23. The second-order valence-corrected chi connectivity index (χ2v) is 3.40. The molecule has 0 bridgehead atoms. The van der Waals surface area contributed by atoms with Crippen LogP contribution in [-0.2, 0) is 0 Å². The normalized spacial score (nSPS) is 12.1. The Labute approximate surface area is 89.0 Å². The molecule has 1 aromatic rings. The maximum atomic E-state index is 10.5. The van der Waals surface area contributed by atoms with Crippen molar-refractivity contribution < 1.29 is 9.66 Å². The molecule has 0 aliphatic rings. The van der Waals surface area contributed by atoms with E-state index in [1.807, 2.05) is 31.2 Å². The van der Waals surface area contributed by atoms with Gasteiger partial charge < -0.3 is 4.74 Å². The van der Waals surface area contributed by atoms with Gasteiger partial charge in [0.15, 0.2) is 0 Å². The first kappa shape index (κ1) is 11.5. The highest BCUT2D eigenvalue weighted by molar-refractivity contribution is 5.30. The number of methoxy groups -OCH3 is 1. The van der Waals surface area contributed by atoms with Crippen molar-refractivity contribution >= 4 is 0 Å². The Morgan fingerprint density at radius 3 is 2.80 bits per heavy atom. The van der Waals surface area contributed by atoms with Gasteiger partial charge in [-0.05, 0) is 24.1 Å². The van der Waals surface area contributed by atoms with Crippen molar-refractivity contribution in [3.05, 3.63) is 39.9 Å². The Bertz CT molecular complexity index is 338. The van der Waals surface area contributed by atoms with Crippen LogP contribution in [0.5, 0.6) is 5.75 Å². The Balaban J connectivity index is 2.85. The lowest BCUT2D eigenvalue weighted by Crippen LogP contribution is -2.11. The lowest BCUT2D eigenvalue weighted by atomic mass is 9.96. The fourth-order valence-electron chi connectivity index (χ4n) is 1.55. The Kier molecular flexibility index (Phi) is 4.09. The monoisotopic (exact) mass is 209 g/mol. The molecule has 0 amide bonds. The van der Waals surface area contributed by atoms with Crippen LogP contribution < -0.4 is 4.74 Å². The molecule has 4 heteroatoms. The second kappa shape index (κ2) is 5.34. The van der Waals surface area contributed by atoms with Crippen LogP contribution in [0.1, 0.15) is 24.8 Å². The zero-order chi connectivity index (χ0) is 11.3. The summed E-state index contributed by atoms with van der Waals surface area (Å²) in [5.41, 5.74) is 0.966. The first-order chi connectivity index (χ1) is 7.17. The predicted octanol–water partition coefficient (Wildman–Crippen LogP) is 2.47. The van der Waals surface area contributed by atoms with Crippen molar-refractivity contribution in [2.24, 2.45) is 0 Å². The van der Waals surface area contributed by atoms with Crippen LogP contribution in [0.25, 0.3) is 0 Å². The van der Waals surface area contributed by atoms with Gasteiger partial charge >= 0.3 is 0 Å². The van der Waals surface area contributed by atoms with Crippen molar-refractivity contribution in [2.45, 2.75) is 19.3 Å². The molecule has 0 radical (unpaired) electrons. The number of nitrogens with zero attached hydrogens (tertiary/aromatic N) is 1. The highest BCUT2D eigenvalue weighted by atomic mass is 16.6. The van der Waals surface area contributed by atoms with Gasteiger partial charge in [0.1, 0.15) is 5.75 Å². The fourth-order valence-corrected chi connectivity index (χ4v) is 1.55. The van der Waals surface area contributed by atoms with Crippen molar-refractivity contribution in [3.63, 3.8) is 0 Å². The van der Waals surface area contributed by atoms with Crippen LogP contribution in [0.3, 0.4) is 0 Å². The van der Waals surface area contributed by atoms with Gasteiger partial charge in [-0.25, -0.2) is 0 Å². The average Bonchev–Trinajstić information content (AvgIpc) is 2.25. The van der Waals surface area contributed by atoms with E-state index in [0.29, 0.717) is 0 Å². The Morgan fingerprint density at radius 2 is 2.27 bits per heavy atom. The summed E-state index contributed by atoms with van der Waals surface area (Å²) in [6, 6.07) is 7.46. The topological polar surface area (TPSA) is 52.4 Å². The first-order valence-electron chi connectivity index (χ1n) is 4.93. The quantitative estimate of drug-likeness (QED) is 0.553. The smallest absolute Gasteiger partial charge is 0.210 e. The molecular weight excluding hydrogens is 194 g/mol. The first-order valence-corrected chi connectivity index (χ1v) is 4.93. The summed E-state index contributed by atoms with van der Waals surface area (Å²) >= 11 is 0. The molecule has 82 valence electrons. The third kappa shape index (κ3) is 3.23. The van der Waals surface area contributed by atoms with E-state index >= 15 is 0 Å². The van der Waals surface area contributed by atoms with E-state index in [2.05, 4.69) is 0 Å². The summed E-state index contributed by atoms with van der Waals surface area (Å²) in [5.74, 6) is 0.712. The highest BCUT2D eigenvalue weighted by Gasteiger charge is 2.15. The minimum atomic E-state index is -0.270. The van der Waals surface area contributed by atoms with Crippen LogP contribution >= 0.6 is 0 Å². The number of hydrogen-bond donors (Lipinski definition) is 0. The van der Waals surface area contributed by atoms with Gasteiger partial charge in [-0.3, -0.25) is 10.1 Å². The van der Waals surface area contributed by atoms with E-state index < -0.39 is 0 Å². The van der Waals surface area contributed by atoms with Crippen LogP contribution in [0.15, 0.2) is 24.3 Å². The number of benzene rings is 1. The van der Waals surface area contributed by atoms with E-state index in [-0.39, 0.29) is 17.4 Å². The largest absolute Gasteiger partial charge is 0.497 e. The van der Waals surface area contributed by atoms with Gasteiger partial charge in [0.05, 0.1) is 7.11 Å². The summed E-state index contributed by atoms with van der Waals surface area (Å²) in [7, 11) is 1.59. The predicted molar refractivity (Wildman–Crippen MR) is 57.9 cm³/mol. The zero-order valence-electron chi connectivity index (χ0n) is 8.97. The maximum Gasteiger partial charge on any atom is 0.210 e. The molecule has 4 nitrogen and oxygen atoms in total. The van der Waals surface area contributed by atoms with Gasteiger partial charge in [-0.2, -0.15) is 0 Å². The molecule has 0 aliphatic carbocycles. The molecule has 15 heavy (non-hydrogen) atoms. The van der Waals surface area contributed by atoms with Gasteiger partial charge in [0.2, 0.25) is 6.54 Å². The maximum absolute atomic E-state index is 10.5. The third-order valence-electron chi connectivity index (χ3n) is 2.43. The summed E-state index contributed by atoms with van der Waals surface area (Å²) in [6.07, 6.45) is 0.758. The molecule has 1 atom stereocenters. The van der Waals surface area contributed by atoms with E-state index in [4.69, 9.17) is 4.74 Å². The van der Waals surface area contributed by atoms with Gasteiger partial charge in [-0.15, -0.1) is 0 Å². The van der Waals surface area contributed by atoms with Crippen LogP contribution in [0.4, 0.5) is 0 Å². The summed E-state index contributed by atoms with van der Waals surface area (Å²) in [6.45, 7) is 1.93. The average molecular weight is 209 g/mol. The van der Waals surface area contributed by atoms with Crippen molar-refractivity contribution in [2.75, 3.05) is 13.7 Å². The van der Waals surface area contributed by atoms with Gasteiger partial charge in [0.25, 0.3) is 0 Å². The van der Waals surface area contributed by atoms with E-state index in [0.717, 1.165) is 17.7 Å². The standard InChI is InChI=1S/C11H15NO3/c1-3-9(8-12(13)14)10-5-4-6-11(7-10)15-2/h4-7,9H,3,8H2,1-2H3. The summed E-state index contributed by atoms with van der Waals surface area (Å²) in [5, 5.41) is 10.5. The minimum absolute atomic E-state index is 0.0241. The molecule has 0 aromatic heterocycles. The van der Waals surface area contributed by atoms with E-state index in [9.17, 15) is 10.1 Å². The lowest BCUT2D eigenvalue weighted by molar-refractivity contribution is -0.483. The Morgan fingerprint density at radius 1 is 1.53 bits per heavy atom. The van der Waals surface area contributed by atoms with Crippen LogP contribution in [-0.4, -0.2) is 18.6 Å². The molecule has 1 rings (SSSR count). The molecule has 0 spiro atoms. The number of hydrogen-bond acceptors (Lipinski definition) is 3. The molecule has 0 aliphatic heterocycles. The molecule has 0 fully saturated rings. The van der Waals surface area contributed by atoms with Crippen molar-refractivity contribution in [1.29, 1.82) is 0 Å². The molecule has 0 saturated heterocycles. The van der Waals surface area contributed by atoms with Gasteiger partial charge in [0, 0.05) is 10.8 Å². The molecule has 1 aromatic carbocycles. The summed E-state index contributed by atoms with van der Waals surface area (Å²) < 4.78 is 5.08. The number of rotatable bonds is 5. The van der Waals surface area contributed by atoms with Crippen molar-refractivity contribution in [1.82, 2.24) is 0 Å². The van der Waals surface area contributed by atoms with E-state index in [1.54, 1.807) is 7.11 Å². The molecule has 0 N–H and O–H groups in total. The minimum Gasteiger partial charge on any atom is -0.497 e. The molecule has 1 unspecified atom stereocenters. The summed E-state index contributed by atoms with van der Waals surface area (Å²) in [4.78, 5) is 10.2. The molecule has 0 heterocycles. The molecule has 0 saturated carbocycles. The SMILES string of the molecule is CCC(C[N+](=O)[O-])c1cccc(OC)c1. The second-order valence-electron chi connectivity index (χ2n) is 3.40. The van der Waals surface area contributed by atoms with Crippen LogP contribution in [0, 0.1) is 10.1 Å². The fraction of sp³-hybridized carbons (Fsp3) is 0.455. The lowest BCUT2D eigenvalue weighted by Gasteiger charge is -2.11. The third-order valence-corrected chi connectivity index (χ3v) is 2.43. The van der Waals surface area contributed by atoms with Gasteiger partial charge in [-0.1, -0.05) is 19.1 Å². The Hall–Kier alpha value is -1.58. The zero-order valence-corrected chi connectivity index (χ0v) is 8.97.